The maximum Gasteiger partial charge on any atom is 0.245 e. The van der Waals surface area contributed by atoms with Gasteiger partial charge in [0.15, 0.2) is 0 Å². The number of likely N-dealkylation sites (tertiary alicyclic amines) is 1. The maximum absolute atomic E-state index is 14.6. The first-order valence-electron chi connectivity index (χ1n) is 31.4. The van der Waals surface area contributed by atoms with Gasteiger partial charge < -0.3 is 74.3 Å². The third-order valence-corrected chi connectivity index (χ3v) is 17.5. The van der Waals surface area contributed by atoms with Gasteiger partial charge in [-0.15, -0.1) is 11.8 Å². The van der Waals surface area contributed by atoms with Crippen molar-refractivity contribution in [3.05, 3.63) is 60.3 Å². The van der Waals surface area contributed by atoms with E-state index in [1.54, 1.807) is 33.0 Å². The van der Waals surface area contributed by atoms with E-state index >= 15 is 0 Å². The van der Waals surface area contributed by atoms with Crippen molar-refractivity contribution in [2.75, 3.05) is 78.5 Å². The highest BCUT2D eigenvalue weighted by atomic mass is 32.2. The molecule has 12 atom stereocenters. The van der Waals surface area contributed by atoms with E-state index in [9.17, 15) is 47.9 Å². The van der Waals surface area contributed by atoms with Crippen LogP contribution in [0.2, 0.25) is 0 Å². The largest absolute Gasteiger partial charge is 0.376 e. The van der Waals surface area contributed by atoms with Crippen LogP contribution in [0.25, 0.3) is 0 Å². The number of nitrogens with one attached hydrogen (secondary N) is 8. The minimum absolute atomic E-state index is 0.0278. The fourth-order valence-corrected chi connectivity index (χ4v) is 12.7. The van der Waals surface area contributed by atoms with Crippen molar-refractivity contribution in [1.29, 1.82) is 0 Å². The molecule has 88 heavy (non-hydrogen) atoms. The van der Waals surface area contributed by atoms with E-state index in [1.165, 1.54) is 16.7 Å². The Morgan fingerprint density at radius 1 is 0.830 bits per heavy atom. The molecular weight excluding hydrogens is 1140 g/mol. The van der Waals surface area contributed by atoms with Crippen LogP contribution < -0.4 is 59.7 Å². The van der Waals surface area contributed by atoms with Crippen LogP contribution in [0, 0.1) is 29.6 Å². The van der Waals surface area contributed by atoms with Crippen molar-refractivity contribution in [1.82, 2.24) is 57.2 Å². The van der Waals surface area contributed by atoms with Gasteiger partial charge in [0.2, 0.25) is 53.7 Å². The molecular formula is C63H106N14O10S. The normalized spacial score (nSPS) is 19.0. The lowest BCUT2D eigenvalue weighted by Crippen LogP contribution is -2.55. The first kappa shape index (κ1) is 75.8. The molecule has 0 radical (unpaired) electrons. The first-order valence-corrected chi connectivity index (χ1v) is 32.6. The minimum atomic E-state index is -0.985. The first-order chi connectivity index (χ1) is 42.0. The van der Waals surface area contributed by atoms with Gasteiger partial charge in [-0.25, -0.2) is 0 Å². The van der Waals surface area contributed by atoms with E-state index in [0.717, 1.165) is 24.7 Å². The molecule has 1 aromatic rings. The highest BCUT2D eigenvalue weighted by Crippen LogP contribution is 2.40. The summed E-state index contributed by atoms with van der Waals surface area (Å²) in [7, 11) is 4.85. The molecule has 1 saturated heterocycles. The van der Waals surface area contributed by atoms with Gasteiger partial charge in [-0.2, -0.15) is 0 Å². The molecule has 3 rings (SSSR count). The van der Waals surface area contributed by atoms with Crippen LogP contribution in [0.5, 0.6) is 0 Å². The molecule has 9 amide bonds. The van der Waals surface area contributed by atoms with Gasteiger partial charge in [0.25, 0.3) is 0 Å². The van der Waals surface area contributed by atoms with Crippen molar-refractivity contribution in [3.8, 4) is 0 Å². The molecule has 1 aromatic carbocycles. The average Bonchev–Trinajstić information content (AvgIpc) is 3.34. The predicted octanol–water partition coefficient (Wildman–Crippen LogP) is 0.826. The van der Waals surface area contributed by atoms with E-state index in [-0.39, 0.29) is 104 Å². The smallest absolute Gasteiger partial charge is 0.245 e. The number of rotatable bonds is 46. The van der Waals surface area contributed by atoms with Gasteiger partial charge in [-0.3, -0.25) is 48.1 Å². The minimum Gasteiger partial charge on any atom is -0.376 e. The number of nitrogens with zero attached hydrogens (tertiary/aromatic N) is 3. The third kappa shape index (κ3) is 27.1. The lowest BCUT2D eigenvalue weighted by atomic mass is 9.78. The molecule has 2 aliphatic rings. The number of amides is 9. The molecule has 1 aliphatic heterocycles. The van der Waals surface area contributed by atoms with Crippen molar-refractivity contribution in [2.45, 2.75) is 166 Å². The van der Waals surface area contributed by atoms with Crippen molar-refractivity contribution in [3.63, 3.8) is 0 Å². The van der Waals surface area contributed by atoms with Gasteiger partial charge in [-0.1, -0.05) is 96.0 Å². The summed E-state index contributed by atoms with van der Waals surface area (Å²) < 4.78 is 0. The van der Waals surface area contributed by atoms with Crippen molar-refractivity contribution < 1.29 is 47.9 Å². The summed E-state index contributed by atoms with van der Waals surface area (Å²) in [5.74, 6) is -3.47. The molecule has 24 nitrogen and oxygen atoms in total. The summed E-state index contributed by atoms with van der Waals surface area (Å²) in [5.41, 5.74) is 18.0. The molecule has 0 spiro atoms. The predicted molar refractivity (Wildman–Crippen MR) is 344 cm³/mol. The van der Waals surface area contributed by atoms with Crippen LogP contribution >= 0.6 is 11.8 Å². The number of allylic oxidation sites excluding steroid dienone is 1. The van der Waals surface area contributed by atoms with E-state index < -0.39 is 65.9 Å². The number of hydrogen-bond donors (Lipinski definition) is 11. The monoisotopic (exact) mass is 1250 g/mol. The zero-order chi connectivity index (χ0) is 65.3. The van der Waals surface area contributed by atoms with Crippen LogP contribution in [-0.4, -0.2) is 201 Å². The molecule has 0 saturated carbocycles. The molecule has 25 heteroatoms. The Morgan fingerprint density at radius 3 is 2.18 bits per heavy atom. The van der Waals surface area contributed by atoms with E-state index in [4.69, 9.17) is 17.2 Å². The van der Waals surface area contributed by atoms with Crippen LogP contribution in [0.15, 0.2) is 54.8 Å². The highest BCUT2D eigenvalue weighted by Gasteiger charge is 2.44. The average molecular weight is 1250 g/mol. The van der Waals surface area contributed by atoms with Gasteiger partial charge in [0.1, 0.15) is 18.4 Å². The lowest BCUT2D eigenvalue weighted by Gasteiger charge is -2.35. The van der Waals surface area contributed by atoms with E-state index in [0.29, 0.717) is 95.4 Å². The van der Waals surface area contributed by atoms with Gasteiger partial charge >= 0.3 is 0 Å². The third-order valence-electron chi connectivity index (χ3n) is 16.4. The standard InChI is InChI=1S/C63H106N14O10S/c1-10-11-20-54(76(9)59(83)37-75(8)63(87)53(74-61(85)50(67-7)23-25-64)34-46-36-77(28-29-78)55-31-42(4)21-22-48(46)55)44(6)71-52(30-41(2)3)62(86)72-47(24-27-68-35-57(66)81)38-88-39-58(82)73-51(33-45-17-13-12-14-18-45)49(19-15-16-26-69-40-79)60(84)70-43(5)32-56(65)80/h12-14,17-18,21-22,29,40-43,46-55,67-68,71H,6,10-11,15-16,19-20,23-28,30-39,64H2,1-5,7-9H3,(H2,65,80)(H2,66,81)(H,69,79)(H,70,84)(H,72,86)(H,73,82)(H,74,85)/t42-,43-,46?,47-,48?,49?,50?,51?,52?,53?,54+,55?/m1/s1. The Balaban J connectivity index is 1.84. The summed E-state index contributed by atoms with van der Waals surface area (Å²) in [6.45, 7) is 15.6. The Kier molecular flexibility index (Phi) is 35.3. The number of carbonyl (C=O) groups excluding carboxylic acids is 10. The molecule has 494 valence electrons. The summed E-state index contributed by atoms with van der Waals surface area (Å²) in [4.78, 5) is 137. The molecule has 1 fully saturated rings. The van der Waals surface area contributed by atoms with E-state index in [2.05, 4.69) is 73.1 Å². The Morgan fingerprint density at radius 2 is 1.55 bits per heavy atom. The fraction of sp³-hybridized carbons (Fsp3) is 0.683. The van der Waals surface area contributed by atoms with E-state index in [1.807, 2.05) is 51.1 Å². The summed E-state index contributed by atoms with van der Waals surface area (Å²) in [5, 5.41) is 24.2. The van der Waals surface area contributed by atoms with Crippen LogP contribution in [-0.2, 0) is 54.4 Å². The number of aldehydes is 1. The zero-order valence-corrected chi connectivity index (χ0v) is 54.3. The number of fused-ring (bicyclic) bond motifs is 1. The molecule has 14 N–H and O–H groups in total. The van der Waals surface area contributed by atoms with Gasteiger partial charge in [-0.05, 0) is 114 Å². The number of hydrogen-bond acceptors (Lipinski definition) is 16. The number of likely N-dealkylation sites (N-methyl/N-ethyl adjacent to an activating group) is 3. The number of primary amides is 2. The Labute approximate surface area is 526 Å². The van der Waals surface area contributed by atoms with Crippen LogP contribution in [0.4, 0.5) is 0 Å². The number of nitrogens with two attached hydrogens (primary N) is 3. The summed E-state index contributed by atoms with van der Waals surface area (Å²) in [6, 6.07) is 4.79. The molecule has 0 aromatic heterocycles. The zero-order valence-electron chi connectivity index (χ0n) is 53.5. The summed E-state index contributed by atoms with van der Waals surface area (Å²) >= 11 is 1.28. The Bertz CT molecular complexity index is 2420. The SMILES string of the molecule is C=C(NC(CC(C)C)C(=O)N[C@H](CCNCC(N)=O)CSCC(=O)NC(Cc1ccccc1)C(CCCCNC=O)C(=O)N[C@H](C)CC(N)=O)[C@H](CCCC)N(C)C(=O)CN(C)C(=O)C(CC1CN(CC=O)C2C[C@H](C)C=CC12)NC(=O)C(CCN)NC. The maximum atomic E-state index is 14.6. The number of unbranched alkanes of at least 4 members (excludes halogenated alkanes) is 2. The molecule has 8 unspecified atom stereocenters. The molecule has 1 heterocycles. The van der Waals surface area contributed by atoms with Crippen LogP contribution in [0.1, 0.15) is 117 Å². The second kappa shape index (κ2) is 41.0. The highest BCUT2D eigenvalue weighted by molar-refractivity contribution is 8.00. The van der Waals surface area contributed by atoms with Crippen molar-refractivity contribution in [2.24, 2.45) is 46.8 Å². The lowest BCUT2D eigenvalue weighted by molar-refractivity contribution is -0.142. The fourth-order valence-electron chi connectivity index (χ4n) is 11.8. The summed E-state index contributed by atoms with van der Waals surface area (Å²) in [6.07, 6.45) is 11.9. The van der Waals surface area contributed by atoms with Crippen molar-refractivity contribution >= 4 is 71.7 Å². The molecule has 1 aliphatic carbocycles. The molecule has 0 bridgehead atoms. The number of benzene rings is 1. The number of thioether (sulfide) groups is 1. The van der Waals surface area contributed by atoms with Crippen LogP contribution in [0.3, 0.4) is 0 Å². The second-order valence-corrected chi connectivity index (χ2v) is 25.3. The second-order valence-electron chi connectivity index (χ2n) is 24.3. The topological polar surface area (TPSA) is 355 Å². The quantitative estimate of drug-likeness (QED) is 0.0245. The van der Waals surface area contributed by atoms with Gasteiger partial charge in [0, 0.05) is 69.2 Å². The van der Waals surface area contributed by atoms with Gasteiger partial charge in [0.05, 0.1) is 43.4 Å². The number of carbonyl (C=O) groups is 10. The Hall–Kier alpha value is -6.41.